The molecule has 224 valence electrons. The maximum Gasteiger partial charge on any atom is 0.108 e. The van der Waals surface area contributed by atoms with Crippen molar-refractivity contribution in [3.05, 3.63) is 119 Å². The second kappa shape index (κ2) is 17.1. The third-order valence-electron chi connectivity index (χ3n) is 8.96. The molecule has 0 unspecified atom stereocenters. The van der Waals surface area contributed by atoms with Crippen molar-refractivity contribution in [2.24, 2.45) is 0 Å². The van der Waals surface area contributed by atoms with Gasteiger partial charge in [0.1, 0.15) is 6.15 Å². The first-order valence-corrected chi connectivity index (χ1v) is 16.6. The number of quaternary nitrogens is 1. The molecule has 0 aliphatic heterocycles. The van der Waals surface area contributed by atoms with Crippen LogP contribution in [0, 0.1) is 27.7 Å². The number of hydrogen-bond acceptors (Lipinski definition) is 0. The van der Waals surface area contributed by atoms with E-state index in [9.17, 15) is 0 Å². The summed E-state index contributed by atoms with van der Waals surface area (Å²) >= 11 is 0. The van der Waals surface area contributed by atoms with Gasteiger partial charge in [-0.3, -0.25) is 0 Å². The van der Waals surface area contributed by atoms with E-state index >= 15 is 0 Å². The molecule has 0 heterocycles. The Kier molecular flexibility index (Phi) is 13.6. The van der Waals surface area contributed by atoms with Gasteiger partial charge in [0.15, 0.2) is 0 Å². The summed E-state index contributed by atoms with van der Waals surface area (Å²) in [6, 6.07) is 36.4. The van der Waals surface area contributed by atoms with E-state index in [-0.39, 0.29) is 0 Å². The molecule has 0 aliphatic rings. The lowest BCUT2D eigenvalue weighted by molar-refractivity contribution is -0.900. The quantitative estimate of drug-likeness (QED) is 0.176. The summed E-state index contributed by atoms with van der Waals surface area (Å²) < 4.78 is 0. The van der Waals surface area contributed by atoms with Crippen molar-refractivity contribution in [2.75, 3.05) is 19.6 Å². The van der Waals surface area contributed by atoms with Crippen LogP contribution in [0.5, 0.6) is 0 Å². The molecule has 0 aromatic heterocycles. The van der Waals surface area contributed by atoms with Crippen LogP contribution in [-0.2, 0) is 0 Å². The van der Waals surface area contributed by atoms with Crippen molar-refractivity contribution in [3.8, 4) is 0 Å². The Morgan fingerprint density at radius 2 is 0.595 bits per heavy atom. The highest BCUT2D eigenvalue weighted by molar-refractivity contribution is 7.19. The fraction of sp³-hybridized carbons (Fsp3) is 0.400. The molecule has 0 radical (unpaired) electrons. The summed E-state index contributed by atoms with van der Waals surface area (Å²) in [6.45, 7) is 19.7. The van der Waals surface area contributed by atoms with E-state index in [1.54, 1.807) is 0 Å². The van der Waals surface area contributed by atoms with Gasteiger partial charge >= 0.3 is 0 Å². The van der Waals surface area contributed by atoms with Crippen molar-refractivity contribution in [3.63, 3.8) is 0 Å². The fourth-order valence-electron chi connectivity index (χ4n) is 6.23. The zero-order chi connectivity index (χ0) is 30.4. The van der Waals surface area contributed by atoms with Gasteiger partial charge in [-0.25, -0.2) is 0 Å². The minimum Gasteiger partial charge on any atom is -0.335 e. The second-order valence-corrected chi connectivity index (χ2v) is 12.6. The number of aryl methyl sites for hydroxylation is 4. The summed E-state index contributed by atoms with van der Waals surface area (Å²) in [5, 5.41) is 0. The van der Waals surface area contributed by atoms with Crippen LogP contribution in [-0.4, -0.2) is 25.8 Å². The maximum atomic E-state index is 2.31. The van der Waals surface area contributed by atoms with Crippen molar-refractivity contribution in [1.29, 1.82) is 0 Å². The molecule has 0 saturated heterocycles. The molecule has 4 aromatic rings. The highest BCUT2D eigenvalue weighted by Gasteiger charge is 2.31. The van der Waals surface area contributed by atoms with Gasteiger partial charge in [0, 0.05) is 0 Å². The summed E-state index contributed by atoms with van der Waals surface area (Å²) in [7, 11) is 0. The minimum absolute atomic E-state index is 1.27. The first-order valence-electron chi connectivity index (χ1n) is 16.6. The Labute approximate surface area is 258 Å². The molecule has 4 aromatic carbocycles. The highest BCUT2D eigenvalue weighted by Crippen LogP contribution is 2.12. The van der Waals surface area contributed by atoms with E-state index in [1.165, 1.54) is 102 Å². The molecule has 0 amide bonds. The van der Waals surface area contributed by atoms with Crippen LogP contribution >= 0.6 is 0 Å². The molecule has 0 aliphatic carbocycles. The van der Waals surface area contributed by atoms with Crippen molar-refractivity contribution in [2.45, 2.75) is 87.0 Å². The molecule has 0 saturated carbocycles. The zero-order valence-electron chi connectivity index (χ0n) is 27.7. The molecular formula is C40H56BN. The van der Waals surface area contributed by atoms with E-state index in [1.807, 2.05) is 4.90 Å². The summed E-state index contributed by atoms with van der Waals surface area (Å²) in [6.07, 6.45) is 6.99. The van der Waals surface area contributed by atoms with Crippen molar-refractivity contribution in [1.82, 2.24) is 0 Å². The van der Waals surface area contributed by atoms with Gasteiger partial charge in [-0.1, -0.05) is 159 Å². The molecule has 2 heteroatoms. The second-order valence-electron chi connectivity index (χ2n) is 12.6. The van der Waals surface area contributed by atoms with Gasteiger partial charge in [-0.2, -0.15) is 21.9 Å². The van der Waals surface area contributed by atoms with E-state index in [0.29, 0.717) is 0 Å². The van der Waals surface area contributed by atoms with E-state index < -0.39 is 6.15 Å². The Bertz CT molecular complexity index is 1080. The molecule has 4 rings (SSSR count). The maximum absolute atomic E-state index is 2.31. The fourth-order valence-corrected chi connectivity index (χ4v) is 6.23. The van der Waals surface area contributed by atoms with Crippen LogP contribution in [0.25, 0.3) is 0 Å². The van der Waals surface area contributed by atoms with Gasteiger partial charge in [0.25, 0.3) is 0 Å². The molecule has 0 fully saturated rings. The number of nitrogens with one attached hydrogen (secondary N) is 1. The number of unbranched alkanes of at least 4 members (excludes halogenated alkanes) is 3. The topological polar surface area (TPSA) is 4.44 Å². The predicted molar refractivity (Wildman–Crippen MR) is 189 cm³/mol. The van der Waals surface area contributed by atoms with Crippen LogP contribution in [0.4, 0.5) is 0 Å². The molecule has 0 atom stereocenters. The van der Waals surface area contributed by atoms with E-state index in [4.69, 9.17) is 0 Å². The van der Waals surface area contributed by atoms with Gasteiger partial charge in [-0.05, 0) is 47.0 Å². The molecule has 0 bridgehead atoms. The monoisotopic (exact) mass is 561 g/mol. The molecule has 1 nitrogen and oxygen atoms in total. The number of hydrogen-bond donors (Lipinski definition) is 1. The third-order valence-corrected chi connectivity index (χ3v) is 8.96. The lowest BCUT2D eigenvalue weighted by Gasteiger charge is -2.44. The third kappa shape index (κ3) is 8.95. The molecular weight excluding hydrogens is 505 g/mol. The van der Waals surface area contributed by atoms with Gasteiger partial charge in [-0.15, -0.1) is 0 Å². The molecule has 1 N–H and O–H groups in total. The average Bonchev–Trinajstić information content (AvgIpc) is 3.01. The lowest BCUT2D eigenvalue weighted by Crippen LogP contribution is -3.12. The van der Waals surface area contributed by atoms with Crippen LogP contribution in [0.15, 0.2) is 97.1 Å². The predicted octanol–water partition coefficient (Wildman–Crippen LogP) is 6.57. The van der Waals surface area contributed by atoms with Gasteiger partial charge in [0.05, 0.1) is 19.6 Å². The average molecular weight is 562 g/mol. The highest BCUT2D eigenvalue weighted by atomic mass is 15.1. The largest absolute Gasteiger partial charge is 0.335 e. The summed E-state index contributed by atoms with van der Waals surface area (Å²) in [4.78, 5) is 1.84. The van der Waals surface area contributed by atoms with Gasteiger partial charge in [0.2, 0.25) is 0 Å². The number of rotatable bonds is 13. The van der Waals surface area contributed by atoms with Crippen molar-refractivity contribution >= 4 is 28.0 Å². The number of benzene rings is 4. The van der Waals surface area contributed by atoms with E-state index in [2.05, 4.69) is 146 Å². The molecule has 42 heavy (non-hydrogen) atoms. The smallest absolute Gasteiger partial charge is 0.108 e. The molecule has 0 spiro atoms. The normalized spacial score (nSPS) is 11.3. The Morgan fingerprint density at radius 1 is 0.381 bits per heavy atom. The first kappa shape index (κ1) is 33.4. The van der Waals surface area contributed by atoms with Crippen LogP contribution in [0.1, 0.15) is 81.5 Å². The van der Waals surface area contributed by atoms with E-state index in [0.717, 1.165) is 0 Å². The van der Waals surface area contributed by atoms with Crippen molar-refractivity contribution < 1.29 is 4.90 Å². The van der Waals surface area contributed by atoms with Crippen LogP contribution < -0.4 is 26.8 Å². The van der Waals surface area contributed by atoms with Gasteiger partial charge < -0.3 is 4.90 Å². The van der Waals surface area contributed by atoms with Crippen LogP contribution in [0.3, 0.4) is 0 Å². The Morgan fingerprint density at radius 3 is 0.786 bits per heavy atom. The summed E-state index contributed by atoms with van der Waals surface area (Å²) in [5.74, 6) is 0. The lowest BCUT2D eigenvalue weighted by atomic mass is 9.13. The SMILES string of the molecule is CCCC[NH+](CCCC)CCCC.Cc1ccc([B-](c2ccc(C)cc2)(c2ccc(C)cc2)c2ccc(C)cc2)cc1. The first-order chi connectivity index (χ1) is 20.3. The summed E-state index contributed by atoms with van der Waals surface area (Å²) in [5.41, 5.74) is 10.6. The standard InChI is InChI=1S/C28H28B.C12H27N/c1-21-5-13-25(14-6-21)29(26-15-7-22(2)8-16-26,27-17-9-23(3)10-18-27)28-19-11-24(4)12-20-28;1-4-7-10-13(11-8-5-2)12-9-6-3/h5-20H,1-4H3;4-12H2,1-3H3/q-1;/p+1. The zero-order valence-corrected chi connectivity index (χ0v) is 27.7. The Hall–Kier alpha value is -3.10. The Balaban J connectivity index is 0.000000316. The van der Waals surface area contributed by atoms with Crippen LogP contribution in [0.2, 0.25) is 0 Å². The minimum atomic E-state index is -1.27.